The summed E-state index contributed by atoms with van der Waals surface area (Å²) in [5, 5.41) is 13.9. The van der Waals surface area contributed by atoms with Crippen molar-refractivity contribution in [3.8, 4) is 0 Å². The summed E-state index contributed by atoms with van der Waals surface area (Å²) in [4.78, 5) is 14.9. The van der Waals surface area contributed by atoms with Gasteiger partial charge in [0.1, 0.15) is 0 Å². The van der Waals surface area contributed by atoms with E-state index < -0.39 is 0 Å². The Labute approximate surface area is 105 Å². The predicted molar refractivity (Wildman–Crippen MR) is 68.1 cm³/mol. The lowest BCUT2D eigenvalue weighted by Crippen LogP contribution is -2.42. The van der Waals surface area contributed by atoms with Gasteiger partial charge in [0, 0.05) is 17.5 Å². The molecule has 2 amide bonds. The van der Waals surface area contributed by atoms with Crippen LogP contribution in [0.15, 0.2) is 11.4 Å². The molecule has 1 saturated carbocycles. The molecule has 0 unspecified atom stereocenters. The van der Waals surface area contributed by atoms with E-state index in [0.717, 1.165) is 12.8 Å². The first-order valence-corrected chi connectivity index (χ1v) is 6.78. The standard InChI is InChI=1S/C12H18N2O2S/c1-9-4-7-17-11(9)8-13-12(16)14(5-6-15)10-2-3-10/h4,7,10,15H,2-3,5-6,8H2,1H3,(H,13,16). The molecule has 0 atom stereocenters. The predicted octanol–water partition coefficient (Wildman–Crippen LogP) is 1.72. The third-order valence-corrected chi connectivity index (χ3v) is 3.98. The average molecular weight is 254 g/mol. The molecule has 0 radical (unpaired) electrons. The van der Waals surface area contributed by atoms with E-state index in [1.807, 2.05) is 12.3 Å². The Hall–Kier alpha value is -1.07. The number of rotatable bonds is 5. The maximum absolute atomic E-state index is 11.9. The fourth-order valence-electron chi connectivity index (χ4n) is 1.79. The van der Waals surface area contributed by atoms with E-state index in [9.17, 15) is 4.79 Å². The number of aliphatic hydroxyl groups excluding tert-OH is 1. The summed E-state index contributed by atoms with van der Waals surface area (Å²) >= 11 is 1.66. The third kappa shape index (κ3) is 3.20. The zero-order valence-electron chi connectivity index (χ0n) is 9.98. The van der Waals surface area contributed by atoms with Crippen LogP contribution in [0.3, 0.4) is 0 Å². The summed E-state index contributed by atoms with van der Waals surface area (Å²) in [6, 6.07) is 2.33. The van der Waals surface area contributed by atoms with Crippen molar-refractivity contribution in [3.05, 3.63) is 21.9 Å². The lowest BCUT2D eigenvalue weighted by Gasteiger charge is -2.21. The minimum Gasteiger partial charge on any atom is -0.395 e. The van der Waals surface area contributed by atoms with Crippen LogP contribution in [0.5, 0.6) is 0 Å². The molecule has 0 aliphatic heterocycles. The fraction of sp³-hybridized carbons (Fsp3) is 0.583. The third-order valence-electron chi connectivity index (χ3n) is 2.96. The van der Waals surface area contributed by atoms with Crippen LogP contribution in [0.25, 0.3) is 0 Å². The largest absolute Gasteiger partial charge is 0.395 e. The molecule has 2 N–H and O–H groups in total. The highest BCUT2D eigenvalue weighted by Crippen LogP contribution is 2.26. The zero-order valence-corrected chi connectivity index (χ0v) is 10.8. The number of nitrogens with zero attached hydrogens (tertiary/aromatic N) is 1. The monoisotopic (exact) mass is 254 g/mol. The number of amides is 2. The van der Waals surface area contributed by atoms with Crippen LogP contribution in [-0.2, 0) is 6.54 Å². The summed E-state index contributed by atoms with van der Waals surface area (Å²) in [7, 11) is 0. The van der Waals surface area contributed by atoms with Crippen molar-refractivity contribution >= 4 is 17.4 Å². The quantitative estimate of drug-likeness (QED) is 0.840. The molecule has 4 nitrogen and oxygen atoms in total. The molecule has 1 aromatic rings. The topological polar surface area (TPSA) is 52.6 Å². The van der Waals surface area contributed by atoms with Crippen LogP contribution in [0.2, 0.25) is 0 Å². The molecule has 94 valence electrons. The molecule has 5 heteroatoms. The zero-order chi connectivity index (χ0) is 12.3. The Bertz CT molecular complexity index is 388. The second-order valence-electron chi connectivity index (χ2n) is 4.33. The Morgan fingerprint density at radius 2 is 2.41 bits per heavy atom. The van der Waals surface area contributed by atoms with Crippen molar-refractivity contribution in [2.75, 3.05) is 13.2 Å². The second kappa shape index (κ2) is 5.51. The number of nitrogens with one attached hydrogen (secondary N) is 1. The molecule has 0 aromatic carbocycles. The first kappa shape index (κ1) is 12.4. The molecule has 0 saturated heterocycles. The number of thiophene rings is 1. The summed E-state index contributed by atoms with van der Waals surface area (Å²) in [5.41, 5.74) is 1.22. The van der Waals surface area contributed by atoms with Gasteiger partial charge < -0.3 is 15.3 Å². The summed E-state index contributed by atoms with van der Waals surface area (Å²) in [6.07, 6.45) is 2.12. The molecule has 1 heterocycles. The molecular formula is C12H18N2O2S. The van der Waals surface area contributed by atoms with Gasteiger partial charge in [0.2, 0.25) is 0 Å². The minimum atomic E-state index is -0.0608. The minimum absolute atomic E-state index is 0.0297. The smallest absolute Gasteiger partial charge is 0.318 e. The van der Waals surface area contributed by atoms with E-state index in [0.29, 0.717) is 19.1 Å². The molecule has 0 bridgehead atoms. The first-order chi connectivity index (χ1) is 8.22. The SMILES string of the molecule is Cc1ccsc1CNC(=O)N(CCO)C1CC1. The highest BCUT2D eigenvalue weighted by molar-refractivity contribution is 7.10. The van der Waals surface area contributed by atoms with Gasteiger partial charge in [-0.15, -0.1) is 11.3 Å². The summed E-state index contributed by atoms with van der Waals surface area (Å²) in [5.74, 6) is 0. The first-order valence-electron chi connectivity index (χ1n) is 5.90. The van der Waals surface area contributed by atoms with E-state index in [2.05, 4.69) is 11.4 Å². The lowest BCUT2D eigenvalue weighted by molar-refractivity contribution is 0.173. The molecular weight excluding hydrogens is 236 g/mol. The molecule has 2 rings (SSSR count). The van der Waals surface area contributed by atoms with Gasteiger partial charge in [0.25, 0.3) is 0 Å². The molecule has 1 aliphatic rings. The van der Waals surface area contributed by atoms with Gasteiger partial charge >= 0.3 is 6.03 Å². The number of hydrogen-bond donors (Lipinski definition) is 2. The van der Waals surface area contributed by atoms with E-state index in [1.165, 1.54) is 10.4 Å². The van der Waals surface area contributed by atoms with E-state index in [1.54, 1.807) is 16.2 Å². The van der Waals surface area contributed by atoms with Crippen molar-refractivity contribution < 1.29 is 9.90 Å². The summed E-state index contributed by atoms with van der Waals surface area (Å²) < 4.78 is 0. The number of carbonyl (C=O) groups excluding carboxylic acids is 1. The lowest BCUT2D eigenvalue weighted by atomic mass is 10.3. The van der Waals surface area contributed by atoms with Crippen LogP contribution < -0.4 is 5.32 Å². The van der Waals surface area contributed by atoms with Gasteiger partial charge in [0.05, 0.1) is 13.2 Å². The molecule has 1 fully saturated rings. The van der Waals surface area contributed by atoms with Crippen LogP contribution >= 0.6 is 11.3 Å². The molecule has 17 heavy (non-hydrogen) atoms. The van der Waals surface area contributed by atoms with Gasteiger partial charge in [-0.1, -0.05) is 0 Å². The van der Waals surface area contributed by atoms with Gasteiger partial charge in [0.15, 0.2) is 0 Å². The van der Waals surface area contributed by atoms with Crippen molar-refractivity contribution in [2.24, 2.45) is 0 Å². The van der Waals surface area contributed by atoms with Gasteiger partial charge in [-0.05, 0) is 36.8 Å². The van der Waals surface area contributed by atoms with Crippen molar-refractivity contribution in [1.29, 1.82) is 0 Å². The number of carbonyl (C=O) groups is 1. The number of aryl methyl sites for hydroxylation is 1. The maximum atomic E-state index is 11.9. The highest BCUT2D eigenvalue weighted by Gasteiger charge is 2.31. The van der Waals surface area contributed by atoms with E-state index in [4.69, 9.17) is 5.11 Å². The van der Waals surface area contributed by atoms with Crippen LogP contribution in [0, 0.1) is 6.92 Å². The number of hydrogen-bond acceptors (Lipinski definition) is 3. The van der Waals surface area contributed by atoms with E-state index in [-0.39, 0.29) is 12.6 Å². The van der Waals surface area contributed by atoms with E-state index >= 15 is 0 Å². The van der Waals surface area contributed by atoms with Crippen molar-refractivity contribution in [1.82, 2.24) is 10.2 Å². The van der Waals surface area contributed by atoms with Crippen molar-refractivity contribution in [3.63, 3.8) is 0 Å². The van der Waals surface area contributed by atoms with Crippen LogP contribution in [0.4, 0.5) is 4.79 Å². The normalized spacial score (nSPS) is 14.7. The van der Waals surface area contributed by atoms with Crippen molar-refractivity contribution in [2.45, 2.75) is 32.4 Å². The van der Waals surface area contributed by atoms with Gasteiger partial charge in [-0.3, -0.25) is 0 Å². The Balaban J connectivity index is 1.85. The summed E-state index contributed by atoms with van der Waals surface area (Å²) in [6.45, 7) is 3.09. The molecule has 0 spiro atoms. The fourth-order valence-corrected chi connectivity index (χ4v) is 2.63. The van der Waals surface area contributed by atoms with Crippen LogP contribution in [0.1, 0.15) is 23.3 Å². The Morgan fingerprint density at radius 1 is 1.65 bits per heavy atom. The number of urea groups is 1. The highest BCUT2D eigenvalue weighted by atomic mass is 32.1. The van der Waals surface area contributed by atoms with Crippen LogP contribution in [-0.4, -0.2) is 35.2 Å². The Kier molecular flexibility index (Phi) is 4.02. The molecule has 1 aromatic heterocycles. The Morgan fingerprint density at radius 3 is 2.94 bits per heavy atom. The van der Waals surface area contributed by atoms with Gasteiger partial charge in [-0.2, -0.15) is 0 Å². The number of aliphatic hydroxyl groups is 1. The van der Waals surface area contributed by atoms with Gasteiger partial charge in [-0.25, -0.2) is 4.79 Å². The maximum Gasteiger partial charge on any atom is 0.318 e. The second-order valence-corrected chi connectivity index (χ2v) is 5.33. The molecule has 1 aliphatic carbocycles. The average Bonchev–Trinajstić information content (AvgIpc) is 3.07.